The number of benzene rings is 2. The number of halogens is 1. The smallest absolute Gasteiger partial charge is 0.180 e. The molecule has 8 nitrogen and oxygen atoms in total. The maximum Gasteiger partial charge on any atom is 0.180 e. The highest BCUT2D eigenvalue weighted by Crippen LogP contribution is 2.29. The summed E-state index contributed by atoms with van der Waals surface area (Å²) in [7, 11) is 1.66. The van der Waals surface area contributed by atoms with Crippen molar-refractivity contribution in [3.05, 3.63) is 59.4 Å². The highest BCUT2D eigenvalue weighted by Gasteiger charge is 2.22. The third-order valence-electron chi connectivity index (χ3n) is 5.35. The Labute approximate surface area is 178 Å². The van der Waals surface area contributed by atoms with Gasteiger partial charge in [0.25, 0.3) is 0 Å². The molecule has 1 aliphatic rings. The Hall–Kier alpha value is -3.10. The number of hydrogen-bond donors (Lipinski definition) is 0. The van der Waals surface area contributed by atoms with Crippen molar-refractivity contribution in [1.82, 2.24) is 25.1 Å². The molecule has 0 aliphatic carbocycles. The molecule has 30 heavy (non-hydrogen) atoms. The SMILES string of the molecule is COc1ccc(-n2cc(CN3CCN(c4noc5cc(Cl)ccc45)CC3)nn2)cc1. The van der Waals surface area contributed by atoms with E-state index in [0.29, 0.717) is 5.02 Å². The number of fused-ring (bicyclic) bond motifs is 1. The average Bonchev–Trinajstić information content (AvgIpc) is 3.41. The summed E-state index contributed by atoms with van der Waals surface area (Å²) in [6.07, 6.45) is 1.98. The second kappa shape index (κ2) is 7.97. The van der Waals surface area contributed by atoms with E-state index >= 15 is 0 Å². The van der Waals surface area contributed by atoms with Gasteiger partial charge in [0.2, 0.25) is 0 Å². The quantitative estimate of drug-likeness (QED) is 0.486. The number of aromatic nitrogens is 4. The summed E-state index contributed by atoms with van der Waals surface area (Å²) in [5, 5.41) is 14.5. The predicted octanol–water partition coefficient (Wildman–Crippen LogP) is 3.39. The van der Waals surface area contributed by atoms with E-state index in [0.717, 1.165) is 66.6 Å². The van der Waals surface area contributed by atoms with Gasteiger partial charge in [-0.1, -0.05) is 22.0 Å². The number of methoxy groups -OCH3 is 1. The van der Waals surface area contributed by atoms with E-state index in [1.54, 1.807) is 17.9 Å². The van der Waals surface area contributed by atoms with Crippen molar-refractivity contribution in [2.75, 3.05) is 38.2 Å². The molecule has 0 bridgehead atoms. The Morgan fingerprint density at radius 3 is 2.63 bits per heavy atom. The molecule has 0 spiro atoms. The molecule has 0 N–H and O–H groups in total. The minimum atomic E-state index is 0.651. The fourth-order valence-electron chi connectivity index (χ4n) is 3.70. The summed E-state index contributed by atoms with van der Waals surface area (Å²) >= 11 is 6.04. The van der Waals surface area contributed by atoms with Gasteiger partial charge in [-0.2, -0.15) is 0 Å². The van der Waals surface area contributed by atoms with E-state index in [2.05, 4.69) is 25.3 Å². The molecule has 5 rings (SSSR count). The topological polar surface area (TPSA) is 72.5 Å². The van der Waals surface area contributed by atoms with Crippen molar-refractivity contribution in [2.24, 2.45) is 0 Å². The molecule has 0 radical (unpaired) electrons. The fourth-order valence-corrected chi connectivity index (χ4v) is 3.87. The zero-order valence-electron chi connectivity index (χ0n) is 16.5. The van der Waals surface area contributed by atoms with Crippen molar-refractivity contribution in [3.63, 3.8) is 0 Å². The molecule has 0 unspecified atom stereocenters. The lowest BCUT2D eigenvalue weighted by Crippen LogP contribution is -2.46. The zero-order valence-corrected chi connectivity index (χ0v) is 17.3. The highest BCUT2D eigenvalue weighted by molar-refractivity contribution is 6.31. The molecule has 2 aromatic carbocycles. The summed E-state index contributed by atoms with van der Waals surface area (Å²) in [5.41, 5.74) is 2.62. The number of piperazine rings is 1. The molecule has 1 saturated heterocycles. The lowest BCUT2D eigenvalue weighted by molar-refractivity contribution is 0.245. The first-order valence-corrected chi connectivity index (χ1v) is 10.2. The van der Waals surface area contributed by atoms with Crippen molar-refractivity contribution < 1.29 is 9.26 Å². The standard InChI is InChI=1S/C21H21ClN6O2/c1-29-18-5-3-17(4-6-18)28-14-16(23-25-28)13-26-8-10-27(11-9-26)21-19-7-2-15(22)12-20(19)30-24-21/h2-7,12,14H,8-11,13H2,1H3. The summed E-state index contributed by atoms with van der Waals surface area (Å²) in [5.74, 6) is 1.70. The van der Waals surface area contributed by atoms with Crippen molar-refractivity contribution in [2.45, 2.75) is 6.54 Å². The zero-order chi connectivity index (χ0) is 20.5. The Morgan fingerprint density at radius 1 is 1.07 bits per heavy atom. The molecule has 9 heteroatoms. The third kappa shape index (κ3) is 3.71. The second-order valence-corrected chi connectivity index (χ2v) is 7.70. The van der Waals surface area contributed by atoms with Crippen LogP contribution in [0.15, 0.2) is 53.2 Å². The van der Waals surface area contributed by atoms with Gasteiger partial charge in [-0.25, -0.2) is 4.68 Å². The maximum atomic E-state index is 6.04. The van der Waals surface area contributed by atoms with Gasteiger partial charge < -0.3 is 14.2 Å². The molecular weight excluding hydrogens is 404 g/mol. The minimum Gasteiger partial charge on any atom is -0.497 e. The Kier molecular flexibility index (Phi) is 5.02. The molecular formula is C21H21ClN6O2. The van der Waals surface area contributed by atoms with Crippen LogP contribution in [-0.2, 0) is 6.54 Å². The number of anilines is 1. The molecule has 0 saturated carbocycles. The van der Waals surface area contributed by atoms with Gasteiger partial charge in [0.15, 0.2) is 11.4 Å². The lowest BCUT2D eigenvalue weighted by atomic mass is 10.2. The Bertz CT molecular complexity index is 1150. The van der Waals surface area contributed by atoms with Gasteiger partial charge in [-0.3, -0.25) is 4.90 Å². The van der Waals surface area contributed by atoms with Crippen LogP contribution in [0.4, 0.5) is 5.82 Å². The number of hydrogen-bond acceptors (Lipinski definition) is 7. The largest absolute Gasteiger partial charge is 0.497 e. The molecule has 154 valence electrons. The summed E-state index contributed by atoms with van der Waals surface area (Å²) < 4.78 is 12.4. The van der Waals surface area contributed by atoms with Gasteiger partial charge >= 0.3 is 0 Å². The lowest BCUT2D eigenvalue weighted by Gasteiger charge is -2.34. The van der Waals surface area contributed by atoms with Crippen LogP contribution in [0.5, 0.6) is 5.75 Å². The van der Waals surface area contributed by atoms with Crippen LogP contribution < -0.4 is 9.64 Å². The second-order valence-electron chi connectivity index (χ2n) is 7.26. The molecule has 2 aromatic heterocycles. The Morgan fingerprint density at radius 2 is 1.87 bits per heavy atom. The van der Waals surface area contributed by atoms with Crippen molar-refractivity contribution >= 4 is 28.4 Å². The van der Waals surface area contributed by atoms with Crippen molar-refractivity contribution in [1.29, 1.82) is 0 Å². The monoisotopic (exact) mass is 424 g/mol. The van der Waals surface area contributed by atoms with E-state index in [-0.39, 0.29) is 0 Å². The number of ether oxygens (including phenoxy) is 1. The van der Waals surface area contributed by atoms with Gasteiger partial charge in [0.05, 0.1) is 30.1 Å². The first-order chi connectivity index (χ1) is 14.7. The van der Waals surface area contributed by atoms with E-state index in [1.165, 1.54) is 0 Å². The number of nitrogens with zero attached hydrogens (tertiary/aromatic N) is 6. The number of rotatable bonds is 5. The first kappa shape index (κ1) is 18.9. The first-order valence-electron chi connectivity index (χ1n) is 9.77. The average molecular weight is 425 g/mol. The molecule has 3 heterocycles. The van der Waals surface area contributed by atoms with Gasteiger partial charge in [0.1, 0.15) is 5.75 Å². The molecule has 4 aromatic rings. The van der Waals surface area contributed by atoms with Crippen molar-refractivity contribution in [3.8, 4) is 11.4 Å². The van der Waals surface area contributed by atoms with E-state index in [1.807, 2.05) is 42.6 Å². The Balaban J connectivity index is 1.21. The van der Waals surface area contributed by atoms with Crippen LogP contribution in [-0.4, -0.2) is 58.3 Å². The van der Waals surface area contributed by atoms with Crippen LogP contribution in [0.3, 0.4) is 0 Å². The fraction of sp³-hybridized carbons (Fsp3) is 0.286. The van der Waals surface area contributed by atoms with Gasteiger partial charge in [-0.05, 0) is 36.4 Å². The molecule has 1 aliphatic heterocycles. The van der Waals surface area contributed by atoms with Crippen LogP contribution in [0.25, 0.3) is 16.7 Å². The normalized spacial score (nSPS) is 15.1. The van der Waals surface area contributed by atoms with Crippen LogP contribution in [0, 0.1) is 0 Å². The van der Waals surface area contributed by atoms with E-state index < -0.39 is 0 Å². The summed E-state index contributed by atoms with van der Waals surface area (Å²) in [6, 6.07) is 13.4. The third-order valence-corrected chi connectivity index (χ3v) is 5.59. The van der Waals surface area contributed by atoms with Crippen LogP contribution in [0.2, 0.25) is 5.02 Å². The summed E-state index contributed by atoms with van der Waals surface area (Å²) in [6.45, 7) is 4.33. The highest BCUT2D eigenvalue weighted by atomic mass is 35.5. The minimum absolute atomic E-state index is 0.651. The molecule has 0 atom stereocenters. The van der Waals surface area contributed by atoms with Crippen LogP contribution >= 0.6 is 11.6 Å². The maximum absolute atomic E-state index is 6.04. The van der Waals surface area contributed by atoms with Gasteiger partial charge in [-0.15, -0.1) is 5.10 Å². The van der Waals surface area contributed by atoms with E-state index in [4.69, 9.17) is 20.9 Å². The van der Waals surface area contributed by atoms with Crippen LogP contribution in [0.1, 0.15) is 5.69 Å². The van der Waals surface area contributed by atoms with Gasteiger partial charge in [0, 0.05) is 43.8 Å². The predicted molar refractivity (Wildman–Crippen MR) is 114 cm³/mol. The molecule has 1 fully saturated rings. The summed E-state index contributed by atoms with van der Waals surface area (Å²) in [4.78, 5) is 4.63. The van der Waals surface area contributed by atoms with E-state index in [9.17, 15) is 0 Å². The molecule has 0 amide bonds.